The zero-order valence-corrected chi connectivity index (χ0v) is 13.6. The van der Waals surface area contributed by atoms with Gasteiger partial charge in [0, 0.05) is 18.8 Å². The molecule has 1 atom stereocenters. The van der Waals surface area contributed by atoms with Crippen LogP contribution in [0.5, 0.6) is 0 Å². The van der Waals surface area contributed by atoms with Gasteiger partial charge >= 0.3 is 5.97 Å². The number of methoxy groups -OCH3 is 1. The van der Waals surface area contributed by atoms with Crippen molar-refractivity contribution in [1.82, 2.24) is 9.88 Å². The van der Waals surface area contributed by atoms with Gasteiger partial charge in [0.25, 0.3) is 0 Å². The number of carbonyl (C=O) groups excluding carboxylic acids is 2. The summed E-state index contributed by atoms with van der Waals surface area (Å²) in [6.07, 6.45) is 1.11. The number of hydrogen-bond donors (Lipinski definition) is 2. The molecule has 1 saturated heterocycles. The molecule has 1 aromatic rings. The maximum atomic E-state index is 12.7. The van der Waals surface area contributed by atoms with Crippen LogP contribution < -0.4 is 0 Å². The Labute approximate surface area is 130 Å². The average molecular weight is 308 g/mol. The molecule has 0 spiro atoms. The van der Waals surface area contributed by atoms with Crippen LogP contribution in [0.3, 0.4) is 0 Å². The van der Waals surface area contributed by atoms with E-state index in [1.807, 2.05) is 6.92 Å². The van der Waals surface area contributed by atoms with Gasteiger partial charge in [-0.2, -0.15) is 0 Å². The number of carbonyl (C=O) groups is 2. The third kappa shape index (κ3) is 3.08. The molecule has 0 saturated carbocycles. The maximum Gasteiger partial charge on any atom is 0.339 e. The van der Waals surface area contributed by atoms with Crippen molar-refractivity contribution in [2.24, 2.45) is 0 Å². The number of esters is 1. The smallest absolute Gasteiger partial charge is 0.339 e. The molecule has 0 unspecified atom stereocenters. The largest absolute Gasteiger partial charge is 0.465 e. The minimum absolute atomic E-state index is 0.0351. The lowest BCUT2D eigenvalue weighted by Gasteiger charge is -2.33. The second-order valence-electron chi connectivity index (χ2n) is 5.92. The Morgan fingerprint density at radius 3 is 2.45 bits per heavy atom. The first-order valence-corrected chi connectivity index (χ1v) is 7.60. The number of likely N-dealkylation sites (tertiary alicyclic amines) is 1. The van der Waals surface area contributed by atoms with Crippen LogP contribution in [0.2, 0.25) is 0 Å². The van der Waals surface area contributed by atoms with Gasteiger partial charge in [-0.3, -0.25) is 9.69 Å². The quantitative estimate of drug-likeness (QED) is 0.650. The lowest BCUT2D eigenvalue weighted by molar-refractivity contribution is 0.0546. The highest BCUT2D eigenvalue weighted by Gasteiger charge is 2.30. The molecule has 0 aliphatic carbocycles. The Morgan fingerprint density at radius 1 is 1.32 bits per heavy atom. The fraction of sp³-hybridized carbons (Fsp3) is 0.625. The number of aryl methyl sites for hydroxylation is 1. The predicted octanol–water partition coefficient (Wildman–Crippen LogP) is 1.45. The molecule has 122 valence electrons. The molecule has 1 aliphatic rings. The van der Waals surface area contributed by atoms with Crippen LogP contribution in [0.4, 0.5) is 0 Å². The summed E-state index contributed by atoms with van der Waals surface area (Å²) < 4.78 is 4.77. The first-order valence-electron chi connectivity index (χ1n) is 7.60. The first kappa shape index (κ1) is 16.7. The standard InChI is InChI=1S/C16H24N2O4/c1-9-13(16(21)22-4)10(2)17-14(9)15(20)11(3)18-7-5-12(19)6-8-18/h11-12,17,19H,5-8H2,1-4H3/t11-/m0/s1. The zero-order valence-electron chi connectivity index (χ0n) is 13.6. The Kier molecular flexibility index (Phi) is 5.03. The maximum absolute atomic E-state index is 12.7. The molecule has 1 aliphatic heterocycles. The number of aliphatic hydroxyl groups is 1. The van der Waals surface area contributed by atoms with Gasteiger partial charge in [-0.25, -0.2) is 4.79 Å². The van der Waals surface area contributed by atoms with Crippen molar-refractivity contribution in [2.75, 3.05) is 20.2 Å². The summed E-state index contributed by atoms with van der Waals surface area (Å²) in [4.78, 5) is 29.6. The Hall–Kier alpha value is -1.66. The van der Waals surface area contributed by atoms with E-state index in [-0.39, 0.29) is 17.9 Å². The second-order valence-corrected chi connectivity index (χ2v) is 5.92. The van der Waals surface area contributed by atoms with E-state index in [1.54, 1.807) is 13.8 Å². The molecule has 0 aromatic carbocycles. The van der Waals surface area contributed by atoms with Crippen LogP contribution in [0.15, 0.2) is 0 Å². The van der Waals surface area contributed by atoms with Gasteiger partial charge in [0.05, 0.1) is 30.5 Å². The van der Waals surface area contributed by atoms with Crippen LogP contribution in [0, 0.1) is 13.8 Å². The van der Waals surface area contributed by atoms with Crippen molar-refractivity contribution in [2.45, 2.75) is 45.8 Å². The molecule has 1 fully saturated rings. The number of nitrogens with one attached hydrogen (secondary N) is 1. The zero-order chi connectivity index (χ0) is 16.4. The van der Waals surface area contributed by atoms with Gasteiger partial charge in [0.15, 0.2) is 5.78 Å². The number of ether oxygens (including phenoxy) is 1. The van der Waals surface area contributed by atoms with Crippen LogP contribution in [0.1, 0.15) is 51.9 Å². The van der Waals surface area contributed by atoms with Gasteiger partial charge in [-0.15, -0.1) is 0 Å². The molecular weight excluding hydrogens is 284 g/mol. The Bertz CT molecular complexity index is 571. The highest BCUT2D eigenvalue weighted by Crippen LogP contribution is 2.22. The Morgan fingerprint density at radius 2 is 1.91 bits per heavy atom. The minimum atomic E-state index is -0.431. The molecule has 2 N–H and O–H groups in total. The molecule has 2 heterocycles. The van der Waals surface area contributed by atoms with E-state index in [0.29, 0.717) is 48.4 Å². The predicted molar refractivity (Wildman–Crippen MR) is 82.2 cm³/mol. The summed E-state index contributed by atoms with van der Waals surface area (Å²) in [7, 11) is 1.33. The summed E-state index contributed by atoms with van der Waals surface area (Å²) in [5.41, 5.74) is 2.19. The van der Waals surface area contributed by atoms with E-state index in [0.717, 1.165) is 0 Å². The number of aromatic nitrogens is 1. The second kappa shape index (κ2) is 6.62. The van der Waals surface area contributed by atoms with Crippen molar-refractivity contribution >= 4 is 11.8 Å². The first-order chi connectivity index (χ1) is 10.4. The fourth-order valence-electron chi connectivity index (χ4n) is 3.05. The Balaban J connectivity index is 2.21. The summed E-state index contributed by atoms with van der Waals surface area (Å²) in [6.45, 7) is 6.80. The molecule has 22 heavy (non-hydrogen) atoms. The summed E-state index contributed by atoms with van der Waals surface area (Å²) in [6, 6.07) is -0.283. The summed E-state index contributed by atoms with van der Waals surface area (Å²) in [5, 5.41) is 9.57. The van der Waals surface area contributed by atoms with Crippen molar-refractivity contribution in [3.05, 3.63) is 22.5 Å². The molecule has 0 amide bonds. The minimum Gasteiger partial charge on any atom is -0.465 e. The SMILES string of the molecule is COC(=O)c1c(C)[nH]c(C(=O)[C@H](C)N2CCC(O)CC2)c1C. The van der Waals surface area contributed by atoms with E-state index in [1.165, 1.54) is 7.11 Å². The average Bonchev–Trinajstić information content (AvgIpc) is 2.80. The summed E-state index contributed by atoms with van der Waals surface area (Å²) >= 11 is 0. The topological polar surface area (TPSA) is 82.6 Å². The molecule has 6 nitrogen and oxygen atoms in total. The van der Waals surface area contributed by atoms with Crippen LogP contribution in [-0.2, 0) is 4.74 Å². The molecule has 2 rings (SSSR count). The van der Waals surface area contributed by atoms with E-state index in [4.69, 9.17) is 4.74 Å². The van der Waals surface area contributed by atoms with Gasteiger partial charge in [-0.05, 0) is 39.2 Å². The molecule has 1 aromatic heterocycles. The highest BCUT2D eigenvalue weighted by atomic mass is 16.5. The number of Topliss-reactive ketones (excluding diaryl/α,β-unsaturated/α-hetero) is 1. The molecule has 0 radical (unpaired) electrons. The number of nitrogens with zero attached hydrogens (tertiary/aromatic N) is 1. The van der Waals surface area contributed by atoms with Crippen molar-refractivity contribution in [3.63, 3.8) is 0 Å². The number of aliphatic hydroxyl groups excluding tert-OH is 1. The van der Waals surface area contributed by atoms with Crippen molar-refractivity contribution in [1.29, 1.82) is 0 Å². The van der Waals surface area contributed by atoms with Crippen LogP contribution in [0.25, 0.3) is 0 Å². The number of aromatic amines is 1. The molecular formula is C16H24N2O4. The molecule has 0 bridgehead atoms. The van der Waals surface area contributed by atoms with Gasteiger partial charge in [0.1, 0.15) is 0 Å². The summed E-state index contributed by atoms with van der Waals surface area (Å²) in [5.74, 6) is -0.466. The third-order valence-electron chi connectivity index (χ3n) is 4.50. The van der Waals surface area contributed by atoms with E-state index < -0.39 is 5.97 Å². The van der Waals surface area contributed by atoms with Gasteiger partial charge in [-0.1, -0.05) is 0 Å². The van der Waals surface area contributed by atoms with Crippen LogP contribution in [-0.4, -0.2) is 59.1 Å². The lowest BCUT2D eigenvalue weighted by Crippen LogP contribution is -2.45. The highest BCUT2D eigenvalue weighted by molar-refractivity contribution is 6.03. The number of hydrogen-bond acceptors (Lipinski definition) is 5. The van der Waals surface area contributed by atoms with Gasteiger partial charge in [0.2, 0.25) is 0 Å². The lowest BCUT2D eigenvalue weighted by atomic mass is 10.0. The van der Waals surface area contributed by atoms with Crippen molar-refractivity contribution < 1.29 is 19.4 Å². The number of H-pyrrole nitrogens is 1. The number of ketones is 1. The van der Waals surface area contributed by atoms with E-state index in [9.17, 15) is 14.7 Å². The monoisotopic (exact) mass is 308 g/mol. The normalized spacial score (nSPS) is 18.2. The molecule has 6 heteroatoms. The van der Waals surface area contributed by atoms with Gasteiger partial charge < -0.3 is 14.8 Å². The third-order valence-corrected chi connectivity index (χ3v) is 4.50. The number of piperidine rings is 1. The number of rotatable bonds is 4. The van der Waals surface area contributed by atoms with Crippen LogP contribution >= 0.6 is 0 Å². The van der Waals surface area contributed by atoms with E-state index >= 15 is 0 Å². The fourth-order valence-corrected chi connectivity index (χ4v) is 3.05. The van der Waals surface area contributed by atoms with Crippen molar-refractivity contribution in [3.8, 4) is 0 Å². The van der Waals surface area contributed by atoms with E-state index in [2.05, 4.69) is 9.88 Å².